The molecule has 0 spiro atoms. The number of amides is 1. The summed E-state index contributed by atoms with van der Waals surface area (Å²) in [6.07, 6.45) is 2.61. The number of aliphatic hydroxyl groups excluding tert-OH is 1. The second-order valence-corrected chi connectivity index (χ2v) is 7.66. The summed E-state index contributed by atoms with van der Waals surface area (Å²) in [6, 6.07) is 13.7. The Morgan fingerprint density at radius 1 is 1.25 bits per heavy atom. The summed E-state index contributed by atoms with van der Waals surface area (Å²) in [4.78, 5) is 15.4. The summed E-state index contributed by atoms with van der Waals surface area (Å²) in [7, 11) is 0. The molecule has 1 aromatic heterocycles. The van der Waals surface area contributed by atoms with E-state index in [0.29, 0.717) is 19.5 Å². The zero-order valence-electron chi connectivity index (χ0n) is 13.7. The van der Waals surface area contributed by atoms with Gasteiger partial charge in [0, 0.05) is 23.4 Å². The maximum Gasteiger partial charge on any atom is 0.224 e. The normalized spacial score (nSPS) is 17.1. The lowest BCUT2D eigenvalue weighted by atomic mass is 9.75. The molecule has 0 saturated heterocycles. The van der Waals surface area contributed by atoms with Gasteiger partial charge >= 0.3 is 0 Å². The van der Waals surface area contributed by atoms with Gasteiger partial charge in [-0.1, -0.05) is 36.4 Å². The molecule has 4 nitrogen and oxygen atoms in total. The lowest BCUT2D eigenvalue weighted by molar-refractivity contribution is -0.135. The molecule has 1 fully saturated rings. The van der Waals surface area contributed by atoms with E-state index in [1.165, 1.54) is 11.3 Å². The average Bonchev–Trinajstić information content (AvgIpc) is 3.08. The van der Waals surface area contributed by atoms with Crippen molar-refractivity contribution >= 4 is 17.2 Å². The Morgan fingerprint density at radius 2 is 2.00 bits per heavy atom. The topological polar surface area (TPSA) is 66.6 Å². The number of aliphatic hydroxyl groups is 1. The summed E-state index contributed by atoms with van der Waals surface area (Å²) in [5.41, 5.74) is 6.96. The van der Waals surface area contributed by atoms with Gasteiger partial charge in [-0.15, -0.1) is 11.3 Å². The first kappa shape index (κ1) is 17.1. The Morgan fingerprint density at radius 3 is 2.58 bits per heavy atom. The van der Waals surface area contributed by atoms with Crippen LogP contribution < -0.4 is 5.73 Å². The molecule has 3 rings (SSSR count). The molecule has 128 valence electrons. The number of hydrogen-bond donors (Lipinski definition) is 2. The van der Waals surface area contributed by atoms with Gasteiger partial charge in [0.1, 0.15) is 6.10 Å². The van der Waals surface area contributed by atoms with E-state index in [-0.39, 0.29) is 11.4 Å². The van der Waals surface area contributed by atoms with Crippen LogP contribution in [0.25, 0.3) is 0 Å². The SMILES string of the molecule is NC1(CC(=O)N(Cc2ccccc2)CC(O)c2cccs2)CCC1. The molecule has 0 radical (unpaired) electrons. The van der Waals surface area contributed by atoms with Crippen molar-refractivity contribution in [1.29, 1.82) is 0 Å². The average molecular weight is 344 g/mol. The highest BCUT2D eigenvalue weighted by Crippen LogP contribution is 2.33. The number of rotatable bonds is 7. The number of hydrogen-bond acceptors (Lipinski definition) is 4. The first-order valence-corrected chi connectivity index (χ1v) is 9.26. The zero-order valence-corrected chi connectivity index (χ0v) is 14.5. The van der Waals surface area contributed by atoms with Crippen LogP contribution in [0.1, 0.15) is 42.2 Å². The summed E-state index contributed by atoms with van der Waals surface area (Å²) in [5.74, 6) is 0.0247. The van der Waals surface area contributed by atoms with Gasteiger partial charge in [-0.05, 0) is 36.3 Å². The molecule has 1 aliphatic carbocycles. The number of thiophene rings is 1. The molecule has 1 heterocycles. The highest BCUT2D eigenvalue weighted by molar-refractivity contribution is 7.10. The fourth-order valence-electron chi connectivity index (χ4n) is 3.06. The number of benzene rings is 1. The number of carbonyl (C=O) groups excluding carboxylic acids is 1. The summed E-state index contributed by atoms with van der Waals surface area (Å²) in [5, 5.41) is 12.4. The van der Waals surface area contributed by atoms with Gasteiger partial charge in [-0.25, -0.2) is 0 Å². The zero-order chi connectivity index (χ0) is 17.0. The molecule has 0 aliphatic heterocycles. The minimum atomic E-state index is -0.659. The van der Waals surface area contributed by atoms with Crippen LogP contribution in [-0.4, -0.2) is 28.0 Å². The van der Waals surface area contributed by atoms with Gasteiger partial charge in [0.05, 0.1) is 6.54 Å². The molecule has 1 saturated carbocycles. The van der Waals surface area contributed by atoms with Crippen molar-refractivity contribution in [3.8, 4) is 0 Å². The van der Waals surface area contributed by atoms with Crippen LogP contribution >= 0.6 is 11.3 Å². The second kappa shape index (κ2) is 7.47. The predicted octanol–water partition coefficient (Wildman–Crippen LogP) is 3.08. The van der Waals surface area contributed by atoms with Gasteiger partial charge in [0.25, 0.3) is 0 Å². The molecule has 1 aliphatic rings. The van der Waals surface area contributed by atoms with Crippen LogP contribution in [0.3, 0.4) is 0 Å². The van der Waals surface area contributed by atoms with E-state index in [1.54, 1.807) is 4.90 Å². The standard InChI is InChI=1S/C19H24N2O2S/c20-19(9-5-10-19)12-18(23)21(13-15-6-2-1-3-7-15)14-16(22)17-8-4-11-24-17/h1-4,6-8,11,16,22H,5,9-10,12-14,20H2. The molecular weight excluding hydrogens is 320 g/mol. The molecule has 1 atom stereocenters. The molecule has 24 heavy (non-hydrogen) atoms. The highest BCUT2D eigenvalue weighted by atomic mass is 32.1. The number of nitrogens with two attached hydrogens (primary N) is 1. The first-order valence-electron chi connectivity index (χ1n) is 8.38. The van der Waals surface area contributed by atoms with Gasteiger partial charge < -0.3 is 15.7 Å². The van der Waals surface area contributed by atoms with Crippen molar-refractivity contribution < 1.29 is 9.90 Å². The van der Waals surface area contributed by atoms with Crippen LogP contribution in [0, 0.1) is 0 Å². The molecule has 1 unspecified atom stereocenters. The van der Waals surface area contributed by atoms with Crippen LogP contribution in [-0.2, 0) is 11.3 Å². The maximum absolute atomic E-state index is 12.8. The largest absolute Gasteiger partial charge is 0.386 e. The van der Waals surface area contributed by atoms with Crippen LogP contribution in [0.2, 0.25) is 0 Å². The van der Waals surface area contributed by atoms with Crippen molar-refractivity contribution in [2.75, 3.05) is 6.54 Å². The van der Waals surface area contributed by atoms with Crippen molar-refractivity contribution in [3.05, 3.63) is 58.3 Å². The fraction of sp³-hybridized carbons (Fsp3) is 0.421. The van der Waals surface area contributed by atoms with E-state index in [9.17, 15) is 9.90 Å². The Balaban J connectivity index is 1.71. The third-order valence-electron chi connectivity index (χ3n) is 4.69. The number of nitrogens with zero attached hydrogens (tertiary/aromatic N) is 1. The fourth-order valence-corrected chi connectivity index (χ4v) is 3.76. The predicted molar refractivity (Wildman–Crippen MR) is 96.5 cm³/mol. The smallest absolute Gasteiger partial charge is 0.224 e. The van der Waals surface area contributed by atoms with E-state index < -0.39 is 6.10 Å². The van der Waals surface area contributed by atoms with Gasteiger partial charge in [-0.3, -0.25) is 4.79 Å². The van der Waals surface area contributed by atoms with E-state index in [1.807, 2.05) is 47.8 Å². The van der Waals surface area contributed by atoms with E-state index in [4.69, 9.17) is 5.73 Å². The summed E-state index contributed by atoms with van der Waals surface area (Å²) >= 11 is 1.51. The summed E-state index contributed by atoms with van der Waals surface area (Å²) in [6.45, 7) is 0.794. The Labute approximate surface area is 146 Å². The molecular formula is C19H24N2O2S. The van der Waals surface area contributed by atoms with Crippen molar-refractivity contribution in [1.82, 2.24) is 4.90 Å². The number of carbonyl (C=O) groups is 1. The second-order valence-electron chi connectivity index (χ2n) is 6.68. The van der Waals surface area contributed by atoms with Gasteiger partial charge in [0.2, 0.25) is 5.91 Å². The van der Waals surface area contributed by atoms with Gasteiger partial charge in [-0.2, -0.15) is 0 Å². The molecule has 5 heteroatoms. The van der Waals surface area contributed by atoms with Crippen LogP contribution in [0.15, 0.2) is 47.8 Å². The minimum Gasteiger partial charge on any atom is -0.386 e. The Hall–Kier alpha value is -1.69. The van der Waals surface area contributed by atoms with Gasteiger partial charge in [0.15, 0.2) is 0 Å². The van der Waals surface area contributed by atoms with E-state index in [0.717, 1.165) is 29.7 Å². The molecule has 1 aromatic carbocycles. The quantitative estimate of drug-likeness (QED) is 0.811. The Bertz CT molecular complexity index is 653. The van der Waals surface area contributed by atoms with Crippen LogP contribution in [0.5, 0.6) is 0 Å². The molecule has 1 amide bonds. The lowest BCUT2D eigenvalue weighted by Crippen LogP contribution is -2.50. The van der Waals surface area contributed by atoms with Crippen molar-refractivity contribution in [3.63, 3.8) is 0 Å². The molecule has 2 aromatic rings. The van der Waals surface area contributed by atoms with Crippen molar-refractivity contribution in [2.45, 2.75) is 43.9 Å². The van der Waals surface area contributed by atoms with Crippen LogP contribution in [0.4, 0.5) is 0 Å². The van der Waals surface area contributed by atoms with Crippen molar-refractivity contribution in [2.24, 2.45) is 5.73 Å². The lowest BCUT2D eigenvalue weighted by Gasteiger charge is -2.39. The maximum atomic E-state index is 12.8. The third-order valence-corrected chi connectivity index (χ3v) is 5.66. The summed E-state index contributed by atoms with van der Waals surface area (Å²) < 4.78 is 0. The molecule has 0 bridgehead atoms. The Kier molecular flexibility index (Phi) is 5.33. The highest BCUT2D eigenvalue weighted by Gasteiger charge is 2.36. The van der Waals surface area contributed by atoms with E-state index >= 15 is 0 Å². The third kappa shape index (κ3) is 4.23. The van der Waals surface area contributed by atoms with E-state index in [2.05, 4.69) is 0 Å². The minimum absolute atomic E-state index is 0.0247. The first-order chi connectivity index (χ1) is 11.6. The molecule has 3 N–H and O–H groups in total. The monoisotopic (exact) mass is 344 g/mol.